The first-order chi connectivity index (χ1) is 10.1. The van der Waals surface area contributed by atoms with Crippen LogP contribution in [0, 0.1) is 6.92 Å². The number of rotatable bonds is 4. The molecule has 1 atom stereocenters. The van der Waals surface area contributed by atoms with Gasteiger partial charge in [0.25, 0.3) is 0 Å². The SMILES string of the molecule is Cc1ccc2nc(C(C)Cl)n(CCc3ccccc3)c2c1. The molecule has 3 aromatic rings. The number of hydrogen-bond donors (Lipinski definition) is 0. The number of halogens is 1. The fraction of sp³-hybridized carbons (Fsp3) is 0.278. The Morgan fingerprint density at radius 3 is 2.62 bits per heavy atom. The number of benzene rings is 2. The maximum atomic E-state index is 6.32. The fourth-order valence-corrected chi connectivity index (χ4v) is 2.84. The van der Waals surface area contributed by atoms with E-state index in [1.54, 1.807) is 0 Å². The molecule has 2 aromatic carbocycles. The zero-order valence-corrected chi connectivity index (χ0v) is 13.1. The molecule has 0 aliphatic rings. The third kappa shape index (κ3) is 2.96. The summed E-state index contributed by atoms with van der Waals surface area (Å²) in [7, 11) is 0. The molecule has 0 aliphatic heterocycles. The molecule has 0 bridgehead atoms. The van der Waals surface area contributed by atoms with Gasteiger partial charge in [0.1, 0.15) is 5.82 Å². The monoisotopic (exact) mass is 298 g/mol. The molecule has 0 N–H and O–H groups in total. The van der Waals surface area contributed by atoms with Gasteiger partial charge in [0.05, 0.1) is 16.4 Å². The summed E-state index contributed by atoms with van der Waals surface area (Å²) in [6.45, 7) is 4.99. The minimum atomic E-state index is -0.0894. The van der Waals surface area contributed by atoms with Crippen LogP contribution < -0.4 is 0 Å². The first-order valence-electron chi connectivity index (χ1n) is 7.30. The van der Waals surface area contributed by atoms with E-state index in [9.17, 15) is 0 Å². The number of hydrogen-bond acceptors (Lipinski definition) is 1. The molecule has 0 amide bonds. The first kappa shape index (κ1) is 14.2. The van der Waals surface area contributed by atoms with E-state index in [0.29, 0.717) is 0 Å². The smallest absolute Gasteiger partial charge is 0.127 e. The van der Waals surface area contributed by atoms with Gasteiger partial charge in [0.15, 0.2) is 0 Å². The maximum absolute atomic E-state index is 6.32. The standard InChI is InChI=1S/C18H19ClN2/c1-13-8-9-16-17(12-13)21(18(20-16)14(2)19)11-10-15-6-4-3-5-7-15/h3-9,12,14H,10-11H2,1-2H3. The summed E-state index contributed by atoms with van der Waals surface area (Å²) >= 11 is 6.32. The second-order valence-electron chi connectivity index (χ2n) is 5.47. The van der Waals surface area contributed by atoms with E-state index in [4.69, 9.17) is 16.6 Å². The number of nitrogens with zero attached hydrogens (tertiary/aromatic N) is 2. The van der Waals surface area contributed by atoms with Gasteiger partial charge in [-0.3, -0.25) is 0 Å². The molecule has 0 aliphatic carbocycles. The second kappa shape index (κ2) is 5.90. The van der Waals surface area contributed by atoms with Gasteiger partial charge in [-0.15, -0.1) is 11.6 Å². The van der Waals surface area contributed by atoms with Gasteiger partial charge in [-0.25, -0.2) is 4.98 Å². The lowest BCUT2D eigenvalue weighted by Crippen LogP contribution is -2.07. The van der Waals surface area contributed by atoms with Gasteiger partial charge in [-0.1, -0.05) is 36.4 Å². The number of fused-ring (bicyclic) bond motifs is 1. The predicted octanol–water partition coefficient (Wildman–Crippen LogP) is 4.89. The van der Waals surface area contributed by atoms with E-state index in [1.165, 1.54) is 16.6 Å². The van der Waals surface area contributed by atoms with Crippen molar-refractivity contribution in [1.29, 1.82) is 0 Å². The normalized spacial score (nSPS) is 12.7. The van der Waals surface area contributed by atoms with Crippen LogP contribution in [0.5, 0.6) is 0 Å². The van der Waals surface area contributed by atoms with Gasteiger partial charge in [-0.2, -0.15) is 0 Å². The van der Waals surface area contributed by atoms with Gasteiger partial charge in [0, 0.05) is 6.54 Å². The van der Waals surface area contributed by atoms with Crippen molar-refractivity contribution >= 4 is 22.6 Å². The van der Waals surface area contributed by atoms with Crippen molar-refractivity contribution in [3.63, 3.8) is 0 Å². The molecule has 108 valence electrons. The van der Waals surface area contributed by atoms with Crippen LogP contribution >= 0.6 is 11.6 Å². The highest BCUT2D eigenvalue weighted by molar-refractivity contribution is 6.20. The number of aromatic nitrogens is 2. The van der Waals surface area contributed by atoms with Crippen LogP contribution in [0.25, 0.3) is 11.0 Å². The highest BCUT2D eigenvalue weighted by atomic mass is 35.5. The van der Waals surface area contributed by atoms with E-state index in [2.05, 4.69) is 54.0 Å². The lowest BCUT2D eigenvalue weighted by molar-refractivity contribution is 0.668. The Hall–Kier alpha value is -1.80. The molecule has 1 aromatic heterocycles. The molecule has 0 saturated heterocycles. The van der Waals surface area contributed by atoms with Crippen molar-refractivity contribution in [3.8, 4) is 0 Å². The minimum Gasteiger partial charge on any atom is -0.326 e. The van der Waals surface area contributed by atoms with Gasteiger partial charge >= 0.3 is 0 Å². The Morgan fingerprint density at radius 1 is 1.14 bits per heavy atom. The molecular weight excluding hydrogens is 280 g/mol. The first-order valence-corrected chi connectivity index (χ1v) is 7.73. The van der Waals surface area contributed by atoms with Crippen LogP contribution in [-0.2, 0) is 13.0 Å². The molecule has 3 rings (SSSR count). The van der Waals surface area contributed by atoms with E-state index in [1.807, 2.05) is 13.0 Å². The molecule has 0 saturated carbocycles. The number of alkyl halides is 1. The van der Waals surface area contributed by atoms with Crippen molar-refractivity contribution in [3.05, 3.63) is 65.5 Å². The van der Waals surface area contributed by atoms with Crippen molar-refractivity contribution in [1.82, 2.24) is 9.55 Å². The Labute approximate surface area is 130 Å². The molecule has 0 fully saturated rings. The summed E-state index contributed by atoms with van der Waals surface area (Å²) in [5, 5.41) is -0.0894. The van der Waals surface area contributed by atoms with Crippen LogP contribution in [0.3, 0.4) is 0 Å². The molecule has 1 heterocycles. The van der Waals surface area contributed by atoms with Gasteiger partial charge < -0.3 is 4.57 Å². The van der Waals surface area contributed by atoms with E-state index in [-0.39, 0.29) is 5.38 Å². The van der Waals surface area contributed by atoms with Gasteiger partial charge in [0.2, 0.25) is 0 Å². The van der Waals surface area contributed by atoms with Crippen molar-refractivity contribution < 1.29 is 0 Å². The Morgan fingerprint density at radius 2 is 1.90 bits per heavy atom. The summed E-state index contributed by atoms with van der Waals surface area (Å²) in [4.78, 5) is 4.70. The topological polar surface area (TPSA) is 17.8 Å². The van der Waals surface area contributed by atoms with Crippen LogP contribution in [0.15, 0.2) is 48.5 Å². The summed E-state index contributed by atoms with van der Waals surface area (Å²) in [6, 6.07) is 16.9. The number of aryl methyl sites for hydroxylation is 3. The summed E-state index contributed by atoms with van der Waals surface area (Å²) in [5.41, 5.74) is 4.78. The summed E-state index contributed by atoms with van der Waals surface area (Å²) in [6.07, 6.45) is 0.983. The van der Waals surface area contributed by atoms with Crippen molar-refractivity contribution in [2.24, 2.45) is 0 Å². The minimum absolute atomic E-state index is 0.0894. The van der Waals surface area contributed by atoms with E-state index >= 15 is 0 Å². The zero-order valence-electron chi connectivity index (χ0n) is 12.4. The molecule has 1 unspecified atom stereocenters. The van der Waals surface area contributed by atoms with Crippen molar-refractivity contribution in [2.45, 2.75) is 32.2 Å². The molecule has 2 nitrogen and oxygen atoms in total. The third-order valence-corrected chi connectivity index (χ3v) is 3.95. The van der Waals surface area contributed by atoms with Crippen LogP contribution in [0.2, 0.25) is 0 Å². The van der Waals surface area contributed by atoms with E-state index < -0.39 is 0 Å². The summed E-state index contributed by atoms with van der Waals surface area (Å²) in [5.74, 6) is 0.952. The number of imidazole rings is 1. The lowest BCUT2D eigenvalue weighted by Gasteiger charge is -2.11. The molecule has 21 heavy (non-hydrogen) atoms. The van der Waals surface area contributed by atoms with Crippen LogP contribution in [0.1, 0.15) is 29.3 Å². The highest BCUT2D eigenvalue weighted by Crippen LogP contribution is 2.25. The summed E-state index contributed by atoms with van der Waals surface area (Å²) < 4.78 is 2.26. The Bertz CT molecular complexity index is 745. The maximum Gasteiger partial charge on any atom is 0.127 e. The Balaban J connectivity index is 1.98. The zero-order chi connectivity index (χ0) is 14.8. The molecule has 0 spiro atoms. The Kier molecular flexibility index (Phi) is 3.98. The van der Waals surface area contributed by atoms with E-state index in [0.717, 1.165) is 24.3 Å². The fourth-order valence-electron chi connectivity index (χ4n) is 2.68. The molecule has 0 radical (unpaired) electrons. The molecule has 3 heteroatoms. The quantitative estimate of drug-likeness (QED) is 0.627. The lowest BCUT2D eigenvalue weighted by atomic mass is 10.1. The average molecular weight is 299 g/mol. The largest absolute Gasteiger partial charge is 0.326 e. The highest BCUT2D eigenvalue weighted by Gasteiger charge is 2.14. The van der Waals surface area contributed by atoms with Crippen LogP contribution in [0.4, 0.5) is 0 Å². The van der Waals surface area contributed by atoms with Crippen LogP contribution in [-0.4, -0.2) is 9.55 Å². The molecular formula is C18H19ClN2. The predicted molar refractivity (Wildman–Crippen MR) is 88.9 cm³/mol. The average Bonchev–Trinajstić information content (AvgIpc) is 2.84. The second-order valence-corrected chi connectivity index (χ2v) is 6.12. The third-order valence-electron chi connectivity index (χ3n) is 3.76. The van der Waals surface area contributed by atoms with Gasteiger partial charge in [-0.05, 0) is 43.5 Å². The van der Waals surface area contributed by atoms with Crippen molar-refractivity contribution in [2.75, 3.05) is 0 Å².